The number of anilines is 2. The van der Waals surface area contributed by atoms with E-state index in [0.29, 0.717) is 24.5 Å². The van der Waals surface area contributed by atoms with Crippen LogP contribution in [0.15, 0.2) is 101 Å². The molecule has 6 rings (SSSR count). The largest absolute Gasteiger partial charge is 0.481 e. The highest BCUT2D eigenvalue weighted by atomic mass is 35.5. The second-order valence-corrected chi connectivity index (χ2v) is 24.5. The second-order valence-electron chi connectivity index (χ2n) is 17.4. The van der Waals surface area contributed by atoms with Gasteiger partial charge in [-0.25, -0.2) is 50.4 Å². The van der Waals surface area contributed by atoms with E-state index < -0.39 is 166 Å². The molecular formula is C47H46ClF7N13O24PS3. The smallest absolute Gasteiger partial charge is 0.416 e. The van der Waals surface area contributed by atoms with Gasteiger partial charge in [-0.3, -0.25) is 45.0 Å². The summed E-state index contributed by atoms with van der Waals surface area (Å²) in [6.45, 7) is -7.26. The van der Waals surface area contributed by atoms with Gasteiger partial charge < -0.3 is 48.6 Å². The molecule has 6 amide bonds. The van der Waals surface area contributed by atoms with Gasteiger partial charge in [-0.15, -0.1) is 0 Å². The fourth-order valence-corrected chi connectivity index (χ4v) is 9.47. The average Bonchev–Trinajstić information content (AvgIpc) is 0.822. The molecule has 522 valence electrons. The standard InChI is InChI=1S/C15H10ClF3N2O6S.C15H18N6O6S.C14H10F4N4O7S.C3H8NO5P/c1-28(25,26)20-14(22)10-7-9(3-4-12(10)21(23)24)27-13-5-2-8(6-11(13)16)15(17,18)19;1-21(2)13(22)9-6-5-7-16-12(9)28(24,25)20-15(23)19-14-17-10(26-3)8-11(18-14)27-4;15-11(16)28-8-5-9(29-12(17)18)20-13(19-8)21-14(25)22-30(26,27)7-4-2-1-3-6(7)10(23)24;5-3(6)1-4-2-10(7,8)9/h2-7H,1H3,(H,20,22);5-8H,1-4H3,(H2,17,18,19,20,23);1-5,11-12H,(H,23,24)(H2,19,20,21,22,25);4H,1-2H2,(H,5,6)(H2,7,8,9). The summed E-state index contributed by atoms with van der Waals surface area (Å²) in [6, 6.07) is 11.2. The molecule has 10 N–H and O–H groups in total. The minimum atomic E-state index is -4.71. The van der Waals surface area contributed by atoms with E-state index in [9.17, 15) is 99.4 Å². The maximum atomic E-state index is 12.7. The third-order valence-corrected chi connectivity index (χ3v) is 14.1. The van der Waals surface area contributed by atoms with Crippen LogP contribution in [-0.2, 0) is 45.6 Å². The number of hydrogen-bond donors (Lipinski definition) is 10. The zero-order chi connectivity index (χ0) is 72.8. The number of nitro groups is 1. The number of alkyl halides is 7. The summed E-state index contributed by atoms with van der Waals surface area (Å²) in [5, 5.41) is 33.0. The van der Waals surface area contributed by atoms with Crippen molar-refractivity contribution in [3.8, 4) is 35.0 Å². The number of aromatic nitrogens is 5. The zero-order valence-electron chi connectivity index (χ0n) is 48.5. The summed E-state index contributed by atoms with van der Waals surface area (Å²) < 4.78 is 197. The number of methoxy groups -OCH3 is 2. The number of carboxylic acids is 2. The van der Waals surface area contributed by atoms with Crippen molar-refractivity contribution in [2.24, 2.45) is 0 Å². The number of ether oxygens (including phenoxy) is 5. The third-order valence-electron chi connectivity index (χ3n) is 9.94. The number of benzene rings is 3. The van der Waals surface area contributed by atoms with E-state index in [0.717, 1.165) is 36.4 Å². The highest BCUT2D eigenvalue weighted by Gasteiger charge is 2.32. The van der Waals surface area contributed by atoms with Gasteiger partial charge in [0.25, 0.3) is 37.5 Å². The van der Waals surface area contributed by atoms with Crippen LogP contribution < -0.4 is 53.8 Å². The van der Waals surface area contributed by atoms with Crippen LogP contribution in [-0.4, -0.2) is 176 Å². The molecule has 0 unspecified atom stereocenters. The number of hydrogen-bond acceptors (Lipinski definition) is 26. The second kappa shape index (κ2) is 34.6. The van der Waals surface area contributed by atoms with Crippen molar-refractivity contribution in [3.63, 3.8) is 0 Å². The van der Waals surface area contributed by atoms with Crippen molar-refractivity contribution in [2.45, 2.75) is 29.3 Å². The molecule has 3 aromatic carbocycles. The Morgan fingerprint density at radius 3 is 1.68 bits per heavy atom. The van der Waals surface area contributed by atoms with Gasteiger partial charge in [0.1, 0.15) is 22.0 Å². The van der Waals surface area contributed by atoms with Crippen molar-refractivity contribution in [3.05, 3.63) is 129 Å². The van der Waals surface area contributed by atoms with Gasteiger partial charge in [0, 0.05) is 32.4 Å². The maximum Gasteiger partial charge on any atom is 0.416 e. The van der Waals surface area contributed by atoms with Crippen LogP contribution in [0, 0.1) is 10.1 Å². The minimum absolute atomic E-state index is 0.0913. The molecule has 0 aliphatic heterocycles. The number of carboxylic acid groups (broad SMARTS) is 2. The van der Waals surface area contributed by atoms with Gasteiger partial charge in [-0.1, -0.05) is 23.7 Å². The Bertz CT molecular complexity index is 4210. The fourth-order valence-electron chi connectivity index (χ4n) is 6.26. The summed E-state index contributed by atoms with van der Waals surface area (Å²) in [4.78, 5) is 114. The fraction of sp³-hybridized carbons (Fsp3) is 0.213. The maximum absolute atomic E-state index is 12.7. The number of carbonyl (C=O) groups is 6. The van der Waals surface area contributed by atoms with Crippen LogP contribution in [0.25, 0.3) is 0 Å². The molecule has 49 heteroatoms. The SMILES string of the molecule is COc1cc(OC)nc(NC(=O)NS(=O)(=O)c2ncccc2C(=O)N(C)C)n1.CS(=O)(=O)NC(=O)c1cc(Oc2ccc(C(F)(F)F)cc2Cl)ccc1[N+](=O)[O-].O=C(Nc1nc(OC(F)F)cc(OC(F)F)n1)NS(=O)(=O)c1ccccc1C(=O)O.O=C(O)CNCP(=O)(O)O. The van der Waals surface area contributed by atoms with Crippen LogP contribution in [0.5, 0.6) is 35.0 Å². The molecule has 3 aromatic heterocycles. The summed E-state index contributed by atoms with van der Waals surface area (Å²) in [5.41, 5.74) is -3.18. The van der Waals surface area contributed by atoms with E-state index in [4.69, 9.17) is 45.8 Å². The molecule has 0 saturated heterocycles. The minimum Gasteiger partial charge on any atom is -0.481 e. The quantitative estimate of drug-likeness (QED) is 0.0182. The number of aromatic carboxylic acids is 1. The molecule has 0 radical (unpaired) electrons. The third kappa shape index (κ3) is 26.9. The molecule has 3 heterocycles. The zero-order valence-corrected chi connectivity index (χ0v) is 52.6. The van der Waals surface area contributed by atoms with Crippen molar-refractivity contribution < 1.29 is 138 Å². The number of amides is 6. The van der Waals surface area contributed by atoms with Crippen LogP contribution in [0.3, 0.4) is 0 Å². The lowest BCUT2D eigenvalue weighted by atomic mass is 10.1. The van der Waals surface area contributed by atoms with Crippen LogP contribution in [0.2, 0.25) is 5.02 Å². The van der Waals surface area contributed by atoms with Gasteiger partial charge in [0.2, 0.25) is 45.4 Å². The lowest BCUT2D eigenvalue weighted by molar-refractivity contribution is -0.385. The topological polar surface area (TPSA) is 532 Å². The monoisotopic (exact) mass is 1470 g/mol. The summed E-state index contributed by atoms with van der Waals surface area (Å²) in [5.74, 6) is -7.94. The Hall–Kier alpha value is -10.4. The highest BCUT2D eigenvalue weighted by molar-refractivity contribution is 7.90. The summed E-state index contributed by atoms with van der Waals surface area (Å²) in [6.07, 6.45) is -3.35. The van der Waals surface area contributed by atoms with E-state index in [2.05, 4.69) is 45.0 Å². The Kier molecular flexibility index (Phi) is 28.8. The van der Waals surface area contributed by atoms with Gasteiger partial charge in [0.05, 0.1) is 72.1 Å². The van der Waals surface area contributed by atoms with Crippen molar-refractivity contribution in [1.82, 2.24) is 49.3 Å². The number of pyridine rings is 1. The Morgan fingerprint density at radius 2 is 1.22 bits per heavy atom. The first-order valence-corrected chi connectivity index (χ1v) is 31.6. The van der Waals surface area contributed by atoms with Gasteiger partial charge in [-0.05, 0) is 48.5 Å². The van der Waals surface area contributed by atoms with E-state index in [-0.39, 0.29) is 34.8 Å². The van der Waals surface area contributed by atoms with Crippen LogP contribution >= 0.6 is 19.2 Å². The Labute approximate surface area is 538 Å². The summed E-state index contributed by atoms with van der Waals surface area (Å²) in [7, 11) is -11.7. The number of nitrogens with one attached hydrogen (secondary N) is 6. The van der Waals surface area contributed by atoms with Gasteiger partial charge in [-0.2, -0.15) is 59.1 Å². The predicted octanol–water partition coefficient (Wildman–Crippen LogP) is 4.53. The van der Waals surface area contributed by atoms with E-state index in [1.165, 1.54) is 74.5 Å². The lowest BCUT2D eigenvalue weighted by Crippen LogP contribution is -2.36. The average molecular weight is 1470 g/mol. The first-order valence-electron chi connectivity index (χ1n) is 24.6. The van der Waals surface area contributed by atoms with Crippen LogP contribution in [0.1, 0.15) is 36.6 Å². The first-order chi connectivity index (χ1) is 44.3. The van der Waals surface area contributed by atoms with Crippen molar-refractivity contribution >= 4 is 103 Å². The molecule has 0 aliphatic carbocycles. The number of sulfonamides is 3. The predicted molar refractivity (Wildman–Crippen MR) is 309 cm³/mol. The number of halogens is 8. The molecule has 6 aromatic rings. The Balaban J connectivity index is 0.000000350. The van der Waals surface area contributed by atoms with Gasteiger partial charge >= 0.3 is 51.0 Å². The number of nitrogens with zero attached hydrogens (tertiary/aromatic N) is 7. The molecular weight excluding hydrogens is 1430 g/mol. The van der Waals surface area contributed by atoms with Crippen molar-refractivity contribution in [2.75, 3.05) is 58.0 Å². The van der Waals surface area contributed by atoms with E-state index in [1.807, 2.05) is 0 Å². The molecule has 0 fully saturated rings. The number of aliphatic carboxylic acids is 1. The highest BCUT2D eigenvalue weighted by Crippen LogP contribution is 2.38. The summed E-state index contributed by atoms with van der Waals surface area (Å²) >= 11 is 5.76. The first kappa shape index (κ1) is 79.8. The molecule has 0 atom stereocenters. The molecule has 0 aliphatic rings. The molecule has 96 heavy (non-hydrogen) atoms. The molecule has 0 spiro atoms. The molecule has 0 saturated carbocycles. The lowest BCUT2D eigenvalue weighted by Gasteiger charge is -2.14. The number of rotatable bonds is 23. The van der Waals surface area contributed by atoms with E-state index >= 15 is 0 Å². The number of nitro benzene ring substituents is 1. The normalized spacial score (nSPS) is 11.3. The Morgan fingerprint density at radius 1 is 0.708 bits per heavy atom. The number of carbonyl (C=O) groups excluding carboxylic acids is 4. The van der Waals surface area contributed by atoms with Crippen LogP contribution in [0.4, 0.5) is 57.9 Å². The van der Waals surface area contributed by atoms with Crippen molar-refractivity contribution in [1.29, 1.82) is 0 Å². The molecule has 37 nitrogen and oxygen atoms in total. The van der Waals surface area contributed by atoms with E-state index in [1.54, 1.807) is 14.8 Å². The van der Waals surface area contributed by atoms with Gasteiger partial charge in [0.15, 0.2) is 5.03 Å². The molecule has 0 bridgehead atoms. The number of urea groups is 2.